The molecule has 1 aliphatic rings. The number of morpholine rings is 1. The van der Waals surface area contributed by atoms with Crippen LogP contribution in [0.3, 0.4) is 0 Å². The number of likely N-dealkylation sites (N-methyl/N-ethyl adjacent to an activating group) is 1. The van der Waals surface area contributed by atoms with Gasteiger partial charge in [-0.15, -0.1) is 0 Å². The average molecular weight is 272 g/mol. The smallest absolute Gasteiger partial charge is 0.0874 e. The maximum absolute atomic E-state index is 5.79. The van der Waals surface area contributed by atoms with E-state index in [9.17, 15) is 0 Å². The van der Waals surface area contributed by atoms with Gasteiger partial charge in [0, 0.05) is 42.6 Å². The van der Waals surface area contributed by atoms with Gasteiger partial charge in [0.1, 0.15) is 0 Å². The molecule has 2 heterocycles. The van der Waals surface area contributed by atoms with E-state index >= 15 is 0 Å². The highest BCUT2D eigenvalue weighted by atomic mass is 16.5. The van der Waals surface area contributed by atoms with Crippen LogP contribution in [0.25, 0.3) is 10.9 Å². The van der Waals surface area contributed by atoms with Gasteiger partial charge in [0.15, 0.2) is 0 Å². The van der Waals surface area contributed by atoms with Gasteiger partial charge in [-0.2, -0.15) is 0 Å². The Hall–Kier alpha value is -1.85. The monoisotopic (exact) mass is 272 g/mol. The molecular formula is C15H20N4O. The van der Waals surface area contributed by atoms with Crippen molar-refractivity contribution in [2.75, 3.05) is 44.3 Å². The highest BCUT2D eigenvalue weighted by Crippen LogP contribution is 2.23. The van der Waals surface area contributed by atoms with Crippen molar-refractivity contribution >= 4 is 22.3 Å². The first-order valence-corrected chi connectivity index (χ1v) is 6.90. The minimum Gasteiger partial charge on any atom is -0.399 e. The number of pyridine rings is 1. The third-order valence-corrected chi connectivity index (χ3v) is 3.63. The van der Waals surface area contributed by atoms with Crippen LogP contribution in [0.4, 0.5) is 11.4 Å². The van der Waals surface area contributed by atoms with Crippen molar-refractivity contribution < 1.29 is 4.74 Å². The number of fused-ring (bicyclic) bond motifs is 1. The summed E-state index contributed by atoms with van der Waals surface area (Å²) in [6.45, 7) is 3.57. The van der Waals surface area contributed by atoms with E-state index in [4.69, 9.17) is 10.5 Å². The van der Waals surface area contributed by atoms with Crippen LogP contribution in [0.5, 0.6) is 0 Å². The van der Waals surface area contributed by atoms with Crippen LogP contribution in [0.2, 0.25) is 0 Å². The highest BCUT2D eigenvalue weighted by Gasteiger charge is 2.17. The van der Waals surface area contributed by atoms with E-state index in [0.717, 1.165) is 48.5 Å². The highest BCUT2D eigenvalue weighted by molar-refractivity contribution is 5.92. The largest absolute Gasteiger partial charge is 0.399 e. The fourth-order valence-corrected chi connectivity index (χ4v) is 2.53. The molecule has 0 aliphatic carbocycles. The zero-order chi connectivity index (χ0) is 13.9. The Morgan fingerprint density at radius 2 is 2.35 bits per heavy atom. The third kappa shape index (κ3) is 2.84. The summed E-state index contributed by atoms with van der Waals surface area (Å²) < 4.78 is 5.76. The van der Waals surface area contributed by atoms with Crippen LogP contribution in [0.1, 0.15) is 0 Å². The molecule has 3 N–H and O–H groups in total. The van der Waals surface area contributed by atoms with Gasteiger partial charge < -0.3 is 20.7 Å². The quantitative estimate of drug-likeness (QED) is 0.830. The topological polar surface area (TPSA) is 63.4 Å². The second-order valence-electron chi connectivity index (χ2n) is 5.27. The van der Waals surface area contributed by atoms with E-state index in [0.29, 0.717) is 0 Å². The molecule has 0 radical (unpaired) electrons. The molecule has 1 fully saturated rings. The fraction of sp³-hybridized carbons (Fsp3) is 0.400. The number of anilines is 2. The lowest BCUT2D eigenvalue weighted by atomic mass is 10.1. The van der Waals surface area contributed by atoms with E-state index < -0.39 is 0 Å². The Bertz CT molecular complexity index is 601. The number of hydrogen-bond acceptors (Lipinski definition) is 5. The number of ether oxygens (including phenoxy) is 1. The Balaban J connectivity index is 1.74. The summed E-state index contributed by atoms with van der Waals surface area (Å²) >= 11 is 0. The molecule has 1 aliphatic heterocycles. The van der Waals surface area contributed by atoms with Gasteiger partial charge >= 0.3 is 0 Å². The van der Waals surface area contributed by atoms with Crippen LogP contribution >= 0.6 is 0 Å². The number of nitrogen functional groups attached to an aromatic ring is 1. The van der Waals surface area contributed by atoms with Crippen molar-refractivity contribution in [3.63, 3.8) is 0 Å². The molecule has 0 amide bonds. The first-order valence-electron chi connectivity index (χ1n) is 6.90. The zero-order valence-electron chi connectivity index (χ0n) is 11.7. The number of benzene rings is 1. The van der Waals surface area contributed by atoms with Gasteiger partial charge in [0.25, 0.3) is 0 Å². The number of hydrogen-bond donors (Lipinski definition) is 2. The standard InChI is InChI=1S/C15H20N4O/c1-19-6-7-20-12(10-19)9-18-14-4-5-17-15-8-11(16)2-3-13(14)15/h2-5,8,12H,6-7,9-10,16H2,1H3,(H,17,18). The number of rotatable bonds is 3. The van der Waals surface area contributed by atoms with Crippen LogP contribution in [-0.4, -0.2) is 49.3 Å². The Morgan fingerprint density at radius 1 is 1.45 bits per heavy atom. The molecule has 0 saturated carbocycles. The van der Waals surface area contributed by atoms with Crippen molar-refractivity contribution in [1.82, 2.24) is 9.88 Å². The van der Waals surface area contributed by atoms with Crippen molar-refractivity contribution in [2.45, 2.75) is 6.10 Å². The van der Waals surface area contributed by atoms with Gasteiger partial charge in [-0.25, -0.2) is 0 Å². The predicted octanol–water partition coefficient (Wildman–Crippen LogP) is 1.56. The number of nitrogens with zero attached hydrogens (tertiary/aromatic N) is 2. The van der Waals surface area contributed by atoms with Gasteiger partial charge in [-0.05, 0) is 31.3 Å². The van der Waals surface area contributed by atoms with Crippen molar-refractivity contribution in [3.8, 4) is 0 Å². The van der Waals surface area contributed by atoms with E-state index in [2.05, 4.69) is 22.2 Å². The molecular weight excluding hydrogens is 252 g/mol. The second kappa shape index (κ2) is 5.64. The third-order valence-electron chi connectivity index (χ3n) is 3.63. The van der Waals surface area contributed by atoms with Crippen LogP contribution in [0.15, 0.2) is 30.5 Å². The van der Waals surface area contributed by atoms with Gasteiger partial charge in [-0.3, -0.25) is 4.98 Å². The molecule has 3 rings (SSSR count). The normalized spacial score (nSPS) is 20.1. The first-order chi connectivity index (χ1) is 9.72. The summed E-state index contributed by atoms with van der Waals surface area (Å²) in [5.41, 5.74) is 8.52. The lowest BCUT2D eigenvalue weighted by molar-refractivity contribution is -0.0117. The van der Waals surface area contributed by atoms with E-state index in [1.54, 1.807) is 6.20 Å². The van der Waals surface area contributed by atoms with Gasteiger partial charge in [0.05, 0.1) is 18.2 Å². The van der Waals surface area contributed by atoms with Crippen molar-refractivity contribution in [3.05, 3.63) is 30.5 Å². The molecule has 1 aromatic heterocycles. The molecule has 20 heavy (non-hydrogen) atoms. The molecule has 5 nitrogen and oxygen atoms in total. The molecule has 1 unspecified atom stereocenters. The summed E-state index contributed by atoms with van der Waals surface area (Å²) in [5.74, 6) is 0. The number of nitrogens with two attached hydrogens (primary N) is 1. The van der Waals surface area contributed by atoms with E-state index in [1.807, 2.05) is 24.3 Å². The molecule has 0 spiro atoms. The van der Waals surface area contributed by atoms with E-state index in [1.165, 1.54) is 0 Å². The molecule has 106 valence electrons. The SMILES string of the molecule is CN1CCOC(CNc2ccnc3cc(N)ccc23)C1. The summed E-state index contributed by atoms with van der Waals surface area (Å²) in [6, 6.07) is 7.80. The summed E-state index contributed by atoms with van der Waals surface area (Å²) in [5, 5.41) is 4.55. The van der Waals surface area contributed by atoms with Crippen molar-refractivity contribution in [2.24, 2.45) is 0 Å². The van der Waals surface area contributed by atoms with Crippen molar-refractivity contribution in [1.29, 1.82) is 0 Å². The predicted molar refractivity (Wildman–Crippen MR) is 81.9 cm³/mol. The summed E-state index contributed by atoms with van der Waals surface area (Å²) in [4.78, 5) is 6.64. The van der Waals surface area contributed by atoms with Gasteiger partial charge in [0.2, 0.25) is 0 Å². The van der Waals surface area contributed by atoms with E-state index in [-0.39, 0.29) is 6.10 Å². The second-order valence-corrected chi connectivity index (χ2v) is 5.27. The van der Waals surface area contributed by atoms with Crippen LogP contribution in [-0.2, 0) is 4.74 Å². The minimum absolute atomic E-state index is 0.228. The lowest BCUT2D eigenvalue weighted by Crippen LogP contribution is -2.43. The fourth-order valence-electron chi connectivity index (χ4n) is 2.53. The molecule has 0 bridgehead atoms. The molecule has 1 saturated heterocycles. The Labute approximate surface area is 118 Å². The average Bonchev–Trinajstić information content (AvgIpc) is 2.44. The Morgan fingerprint density at radius 3 is 3.20 bits per heavy atom. The van der Waals surface area contributed by atoms with Crippen LogP contribution in [0, 0.1) is 0 Å². The lowest BCUT2D eigenvalue weighted by Gasteiger charge is -2.30. The molecule has 1 atom stereocenters. The maximum atomic E-state index is 5.79. The van der Waals surface area contributed by atoms with Gasteiger partial charge in [-0.1, -0.05) is 0 Å². The molecule has 5 heteroatoms. The van der Waals surface area contributed by atoms with Crippen LogP contribution < -0.4 is 11.1 Å². The number of nitrogens with one attached hydrogen (secondary N) is 1. The maximum Gasteiger partial charge on any atom is 0.0874 e. The minimum atomic E-state index is 0.228. The molecule has 2 aromatic rings. The zero-order valence-corrected chi connectivity index (χ0v) is 11.7. The molecule has 1 aromatic carbocycles. The summed E-state index contributed by atoms with van der Waals surface area (Å²) in [7, 11) is 2.13. The number of aromatic nitrogens is 1. The first kappa shape index (κ1) is 13.1. The summed E-state index contributed by atoms with van der Waals surface area (Å²) in [6.07, 6.45) is 2.03. The Kier molecular flexibility index (Phi) is 3.71.